The second-order valence-electron chi connectivity index (χ2n) is 5.61. The second-order valence-corrected chi connectivity index (χ2v) is 5.61. The lowest BCUT2D eigenvalue weighted by molar-refractivity contribution is 0.0486. The third kappa shape index (κ3) is 16.5. The number of guanidine groups is 1. The summed E-state index contributed by atoms with van der Waals surface area (Å²) in [6.07, 6.45) is 9.02. The van der Waals surface area contributed by atoms with Gasteiger partial charge in [-0.1, -0.05) is 25.8 Å². The largest absolute Gasteiger partial charge is 0.379 e. The topological polar surface area (TPSA) is 46.1 Å². The van der Waals surface area contributed by atoms with E-state index in [1.807, 2.05) is 13.1 Å². The molecular formula is C18H38IN3O2. The molecule has 0 rings (SSSR count). The molecule has 0 saturated carbocycles. The van der Waals surface area contributed by atoms with Gasteiger partial charge in [0.15, 0.2) is 5.96 Å². The van der Waals surface area contributed by atoms with Crippen LogP contribution in [0.2, 0.25) is 0 Å². The van der Waals surface area contributed by atoms with E-state index in [9.17, 15) is 0 Å². The molecule has 0 aliphatic carbocycles. The highest BCUT2D eigenvalue weighted by molar-refractivity contribution is 14.0. The van der Waals surface area contributed by atoms with E-state index in [0.29, 0.717) is 19.8 Å². The molecule has 6 heteroatoms. The highest BCUT2D eigenvalue weighted by Gasteiger charge is 2.04. The minimum absolute atomic E-state index is 0. The first-order chi connectivity index (χ1) is 11.3. The molecular weight excluding hydrogens is 417 g/mol. The Balaban J connectivity index is 0. The van der Waals surface area contributed by atoms with Crippen molar-refractivity contribution >= 4 is 29.9 Å². The molecule has 0 atom stereocenters. The molecule has 24 heavy (non-hydrogen) atoms. The summed E-state index contributed by atoms with van der Waals surface area (Å²) in [6.45, 7) is 10.5. The molecule has 0 radical (unpaired) electrons. The van der Waals surface area contributed by atoms with E-state index in [4.69, 9.17) is 9.47 Å². The van der Waals surface area contributed by atoms with Crippen LogP contribution in [0.3, 0.4) is 0 Å². The van der Waals surface area contributed by atoms with Crippen LogP contribution in [0.4, 0.5) is 0 Å². The third-order valence-corrected chi connectivity index (χ3v) is 3.52. The Kier molecular flexibility index (Phi) is 22.3. The van der Waals surface area contributed by atoms with Crippen molar-refractivity contribution in [2.75, 3.05) is 53.6 Å². The summed E-state index contributed by atoms with van der Waals surface area (Å²) < 4.78 is 11.0. The summed E-state index contributed by atoms with van der Waals surface area (Å²) >= 11 is 0. The Morgan fingerprint density at radius 1 is 1.08 bits per heavy atom. The average molecular weight is 455 g/mol. The molecule has 0 heterocycles. The Bertz CT molecular complexity index is 302. The van der Waals surface area contributed by atoms with E-state index >= 15 is 0 Å². The van der Waals surface area contributed by atoms with E-state index in [2.05, 4.69) is 35.8 Å². The number of hydrogen-bond donors (Lipinski definition) is 1. The van der Waals surface area contributed by atoms with Crippen molar-refractivity contribution in [2.24, 2.45) is 4.99 Å². The molecule has 0 aromatic heterocycles. The van der Waals surface area contributed by atoms with Crippen molar-refractivity contribution in [1.82, 2.24) is 10.2 Å². The van der Waals surface area contributed by atoms with Gasteiger partial charge in [0.25, 0.3) is 0 Å². The van der Waals surface area contributed by atoms with E-state index in [0.717, 1.165) is 38.5 Å². The van der Waals surface area contributed by atoms with Crippen LogP contribution in [0.5, 0.6) is 0 Å². The number of rotatable bonds is 15. The molecule has 0 aromatic carbocycles. The molecule has 0 fully saturated rings. The highest BCUT2D eigenvalue weighted by atomic mass is 127. The number of aliphatic imine (C=N–C) groups is 1. The van der Waals surface area contributed by atoms with Crippen LogP contribution in [-0.4, -0.2) is 64.5 Å². The first kappa shape index (κ1) is 25.9. The maximum atomic E-state index is 5.54. The molecule has 0 unspecified atom stereocenters. The van der Waals surface area contributed by atoms with Crippen LogP contribution in [0.1, 0.15) is 45.4 Å². The van der Waals surface area contributed by atoms with E-state index in [1.165, 1.54) is 25.7 Å². The summed E-state index contributed by atoms with van der Waals surface area (Å²) in [5, 5.41) is 3.33. The van der Waals surface area contributed by atoms with Crippen molar-refractivity contribution in [3.63, 3.8) is 0 Å². The van der Waals surface area contributed by atoms with Gasteiger partial charge in [0.05, 0.1) is 19.8 Å². The molecule has 144 valence electrons. The van der Waals surface area contributed by atoms with Gasteiger partial charge in [-0.05, 0) is 25.7 Å². The summed E-state index contributed by atoms with van der Waals surface area (Å²) in [5.41, 5.74) is 0. The SMILES string of the molecule is C=CCCCCCN(C)C(=NC)NCCOCCOCCCC.I. The molecule has 0 spiro atoms. The van der Waals surface area contributed by atoms with E-state index < -0.39 is 0 Å². The Morgan fingerprint density at radius 3 is 2.42 bits per heavy atom. The fourth-order valence-corrected chi connectivity index (χ4v) is 2.11. The maximum Gasteiger partial charge on any atom is 0.193 e. The zero-order valence-corrected chi connectivity index (χ0v) is 18.2. The Morgan fingerprint density at radius 2 is 1.79 bits per heavy atom. The van der Waals surface area contributed by atoms with Crippen LogP contribution >= 0.6 is 24.0 Å². The van der Waals surface area contributed by atoms with Crippen molar-refractivity contribution in [3.8, 4) is 0 Å². The molecule has 0 aliphatic heterocycles. The fraction of sp³-hybridized carbons (Fsp3) is 0.833. The minimum Gasteiger partial charge on any atom is -0.379 e. The average Bonchev–Trinajstić information content (AvgIpc) is 2.56. The van der Waals surface area contributed by atoms with Crippen molar-refractivity contribution in [3.05, 3.63) is 12.7 Å². The minimum atomic E-state index is 0. The number of allylic oxidation sites excluding steroid dienone is 1. The third-order valence-electron chi connectivity index (χ3n) is 3.52. The summed E-state index contributed by atoms with van der Waals surface area (Å²) in [6, 6.07) is 0. The van der Waals surface area contributed by atoms with Gasteiger partial charge >= 0.3 is 0 Å². The number of ether oxygens (including phenoxy) is 2. The van der Waals surface area contributed by atoms with Crippen molar-refractivity contribution in [2.45, 2.75) is 45.4 Å². The zero-order valence-electron chi connectivity index (χ0n) is 15.9. The molecule has 0 saturated heterocycles. The van der Waals surface area contributed by atoms with E-state index in [-0.39, 0.29) is 24.0 Å². The van der Waals surface area contributed by atoms with Gasteiger partial charge in [0, 0.05) is 33.8 Å². The number of nitrogens with one attached hydrogen (secondary N) is 1. The summed E-state index contributed by atoms with van der Waals surface area (Å²) in [7, 11) is 3.89. The molecule has 0 aromatic rings. The number of hydrogen-bond acceptors (Lipinski definition) is 3. The lowest BCUT2D eigenvalue weighted by atomic mass is 10.2. The molecule has 5 nitrogen and oxygen atoms in total. The zero-order chi connectivity index (χ0) is 17.2. The van der Waals surface area contributed by atoms with Gasteiger partial charge in [0.1, 0.15) is 0 Å². The lowest BCUT2D eigenvalue weighted by Gasteiger charge is -2.22. The second kappa shape index (κ2) is 20.7. The van der Waals surface area contributed by atoms with Gasteiger partial charge < -0.3 is 19.7 Å². The van der Waals surface area contributed by atoms with Crippen LogP contribution in [0.25, 0.3) is 0 Å². The molecule has 1 N–H and O–H groups in total. The van der Waals surface area contributed by atoms with Gasteiger partial charge in [-0.15, -0.1) is 30.6 Å². The summed E-state index contributed by atoms with van der Waals surface area (Å²) in [4.78, 5) is 6.47. The van der Waals surface area contributed by atoms with Crippen LogP contribution in [0, 0.1) is 0 Å². The quantitative estimate of drug-likeness (QED) is 0.135. The van der Waals surface area contributed by atoms with Gasteiger partial charge in [-0.25, -0.2) is 0 Å². The smallest absolute Gasteiger partial charge is 0.193 e. The van der Waals surface area contributed by atoms with Crippen LogP contribution in [-0.2, 0) is 9.47 Å². The first-order valence-corrected chi connectivity index (χ1v) is 8.94. The molecule has 0 aliphatic rings. The number of nitrogens with zero attached hydrogens (tertiary/aromatic N) is 2. The van der Waals surface area contributed by atoms with Gasteiger partial charge in [0.2, 0.25) is 0 Å². The Labute approximate surface area is 166 Å². The van der Waals surface area contributed by atoms with E-state index in [1.54, 1.807) is 0 Å². The van der Waals surface area contributed by atoms with Gasteiger partial charge in [-0.3, -0.25) is 4.99 Å². The predicted molar refractivity (Wildman–Crippen MR) is 115 cm³/mol. The lowest BCUT2D eigenvalue weighted by Crippen LogP contribution is -2.40. The van der Waals surface area contributed by atoms with Crippen LogP contribution < -0.4 is 5.32 Å². The Hall–Kier alpha value is -0.340. The predicted octanol–water partition coefficient (Wildman–Crippen LogP) is 3.69. The number of halogens is 1. The van der Waals surface area contributed by atoms with Crippen molar-refractivity contribution in [1.29, 1.82) is 0 Å². The fourth-order valence-electron chi connectivity index (χ4n) is 2.11. The molecule has 0 bridgehead atoms. The maximum absolute atomic E-state index is 5.54. The monoisotopic (exact) mass is 455 g/mol. The summed E-state index contributed by atoms with van der Waals surface area (Å²) in [5.74, 6) is 0.927. The van der Waals surface area contributed by atoms with Gasteiger partial charge in [-0.2, -0.15) is 0 Å². The molecule has 0 amide bonds. The van der Waals surface area contributed by atoms with Crippen molar-refractivity contribution < 1.29 is 9.47 Å². The number of unbranched alkanes of at least 4 members (excludes halogenated alkanes) is 4. The highest BCUT2D eigenvalue weighted by Crippen LogP contribution is 2.01. The normalized spacial score (nSPS) is 11.0. The van der Waals surface area contributed by atoms with Crippen LogP contribution in [0.15, 0.2) is 17.6 Å². The first-order valence-electron chi connectivity index (χ1n) is 8.94. The standard InChI is InChI=1S/C18H37N3O2.HI/c1-5-7-9-10-11-13-21(4)18(19-3)20-12-15-23-17-16-22-14-8-6-2;/h5H,1,6-17H2,2-4H3,(H,19,20);1H.